The Bertz CT molecular complexity index is 488. The number of rotatable bonds is 5. The molecule has 0 bridgehead atoms. The Hall–Kier alpha value is -1.61. The van der Waals surface area contributed by atoms with Crippen LogP contribution in [0.5, 0.6) is 0 Å². The van der Waals surface area contributed by atoms with Crippen LogP contribution in [0.3, 0.4) is 0 Å². The second kappa shape index (κ2) is 5.36. The van der Waals surface area contributed by atoms with Crippen LogP contribution >= 0.6 is 0 Å². The average Bonchev–Trinajstić information content (AvgIpc) is 2.77. The van der Waals surface area contributed by atoms with Crippen LogP contribution in [0, 0.1) is 0 Å². The molecule has 3 nitrogen and oxygen atoms in total. The summed E-state index contributed by atoms with van der Waals surface area (Å²) in [6, 6.07) is 10.9. The smallest absolute Gasteiger partial charge is 0.135 e. The molecule has 1 aromatic heterocycles. The molecule has 1 fully saturated rings. The molecule has 0 amide bonds. The Morgan fingerprint density at radius 2 is 2.00 bits per heavy atom. The summed E-state index contributed by atoms with van der Waals surface area (Å²) in [6.07, 6.45) is 7.85. The number of ether oxygens (including phenoxy) is 1. The van der Waals surface area contributed by atoms with Gasteiger partial charge >= 0.3 is 0 Å². The van der Waals surface area contributed by atoms with E-state index < -0.39 is 0 Å². The van der Waals surface area contributed by atoms with E-state index in [-0.39, 0.29) is 0 Å². The molecule has 18 heavy (non-hydrogen) atoms. The third-order valence-corrected chi connectivity index (χ3v) is 3.56. The monoisotopic (exact) mass is 242 g/mol. The maximum atomic E-state index is 5.74. The number of benzene rings is 1. The highest BCUT2D eigenvalue weighted by molar-refractivity contribution is 5.13. The lowest BCUT2D eigenvalue weighted by molar-refractivity contribution is 0.0961. The van der Waals surface area contributed by atoms with E-state index in [4.69, 9.17) is 4.74 Å². The van der Waals surface area contributed by atoms with E-state index in [0.29, 0.717) is 19.3 Å². The van der Waals surface area contributed by atoms with Crippen molar-refractivity contribution < 1.29 is 4.74 Å². The van der Waals surface area contributed by atoms with Crippen LogP contribution in [-0.4, -0.2) is 9.55 Å². The zero-order valence-corrected chi connectivity index (χ0v) is 10.5. The summed E-state index contributed by atoms with van der Waals surface area (Å²) in [5, 5.41) is 0. The first-order chi connectivity index (χ1) is 8.93. The highest BCUT2D eigenvalue weighted by Gasteiger charge is 2.21. The molecule has 0 aliphatic heterocycles. The van der Waals surface area contributed by atoms with Gasteiger partial charge < -0.3 is 9.30 Å². The van der Waals surface area contributed by atoms with Crippen LogP contribution in [0.2, 0.25) is 0 Å². The lowest BCUT2D eigenvalue weighted by Crippen LogP contribution is -2.19. The van der Waals surface area contributed by atoms with Gasteiger partial charge in [0, 0.05) is 18.4 Å². The maximum absolute atomic E-state index is 5.74. The van der Waals surface area contributed by atoms with Crippen molar-refractivity contribution in [1.82, 2.24) is 9.55 Å². The summed E-state index contributed by atoms with van der Waals surface area (Å²) >= 11 is 0. The van der Waals surface area contributed by atoms with Crippen molar-refractivity contribution >= 4 is 0 Å². The van der Waals surface area contributed by atoms with E-state index in [1.807, 2.05) is 24.4 Å². The van der Waals surface area contributed by atoms with Gasteiger partial charge in [-0.25, -0.2) is 4.98 Å². The van der Waals surface area contributed by atoms with Crippen LogP contribution < -0.4 is 0 Å². The number of hydrogen-bond acceptors (Lipinski definition) is 2. The van der Waals surface area contributed by atoms with Crippen molar-refractivity contribution in [2.75, 3.05) is 0 Å². The van der Waals surface area contributed by atoms with Gasteiger partial charge in [-0.1, -0.05) is 30.3 Å². The van der Waals surface area contributed by atoms with E-state index in [0.717, 1.165) is 5.82 Å². The second-order valence-electron chi connectivity index (χ2n) is 4.81. The minimum atomic E-state index is 0.596. The molecule has 0 atom stereocenters. The fraction of sp³-hybridized carbons (Fsp3) is 0.400. The Balaban J connectivity index is 1.55. The fourth-order valence-corrected chi connectivity index (χ4v) is 2.29. The second-order valence-corrected chi connectivity index (χ2v) is 4.81. The van der Waals surface area contributed by atoms with Gasteiger partial charge in [0.25, 0.3) is 0 Å². The average molecular weight is 242 g/mol. The lowest BCUT2D eigenvalue weighted by atomic mass is 9.93. The molecule has 3 rings (SSSR count). The van der Waals surface area contributed by atoms with Crippen LogP contribution in [0.15, 0.2) is 42.7 Å². The van der Waals surface area contributed by atoms with Gasteiger partial charge in [-0.2, -0.15) is 0 Å². The summed E-state index contributed by atoms with van der Waals surface area (Å²) in [5.41, 5.74) is 1.21. The van der Waals surface area contributed by atoms with Crippen molar-refractivity contribution in [3.8, 4) is 0 Å². The Labute approximate surface area is 107 Å². The lowest BCUT2D eigenvalue weighted by Gasteiger charge is -2.28. The Morgan fingerprint density at radius 1 is 1.17 bits per heavy atom. The number of aromatic nitrogens is 2. The number of nitrogens with zero attached hydrogens (tertiary/aromatic N) is 2. The molecule has 1 saturated carbocycles. The van der Waals surface area contributed by atoms with E-state index in [2.05, 4.69) is 27.9 Å². The minimum absolute atomic E-state index is 0.596. The molecule has 0 spiro atoms. The predicted molar refractivity (Wildman–Crippen MR) is 70.1 cm³/mol. The quantitative estimate of drug-likeness (QED) is 0.804. The molecule has 94 valence electrons. The van der Waals surface area contributed by atoms with Gasteiger partial charge in [0.05, 0.1) is 6.61 Å². The van der Waals surface area contributed by atoms with Gasteiger partial charge in [-0.15, -0.1) is 0 Å². The van der Waals surface area contributed by atoms with Crippen LogP contribution in [0.4, 0.5) is 0 Å². The molecule has 0 radical (unpaired) electrons. The van der Waals surface area contributed by atoms with Gasteiger partial charge in [0.1, 0.15) is 12.4 Å². The topological polar surface area (TPSA) is 27.1 Å². The molecule has 1 aliphatic rings. The molecular formula is C15H18N2O. The SMILES string of the molecule is c1ccc(COCc2nccn2C2CCC2)cc1. The zero-order valence-electron chi connectivity index (χ0n) is 10.5. The summed E-state index contributed by atoms with van der Waals surface area (Å²) in [4.78, 5) is 4.39. The van der Waals surface area contributed by atoms with Crippen molar-refractivity contribution in [2.45, 2.75) is 38.5 Å². The molecule has 3 heteroatoms. The van der Waals surface area contributed by atoms with Crippen LogP contribution in [0.1, 0.15) is 36.7 Å². The van der Waals surface area contributed by atoms with Crippen LogP contribution in [0.25, 0.3) is 0 Å². The molecule has 2 aromatic rings. The Morgan fingerprint density at radius 3 is 2.72 bits per heavy atom. The largest absolute Gasteiger partial charge is 0.369 e. The van der Waals surface area contributed by atoms with Gasteiger partial charge in [0.15, 0.2) is 0 Å². The summed E-state index contributed by atoms with van der Waals surface area (Å²) < 4.78 is 8.01. The Kier molecular flexibility index (Phi) is 3.42. The van der Waals surface area contributed by atoms with Crippen molar-refractivity contribution in [2.24, 2.45) is 0 Å². The van der Waals surface area contributed by atoms with Gasteiger partial charge in [-0.05, 0) is 24.8 Å². The molecule has 1 heterocycles. The zero-order chi connectivity index (χ0) is 12.2. The summed E-state index contributed by atoms with van der Waals surface area (Å²) in [7, 11) is 0. The maximum Gasteiger partial charge on any atom is 0.135 e. The fourth-order valence-electron chi connectivity index (χ4n) is 2.29. The molecule has 0 unspecified atom stereocenters. The standard InChI is InChI=1S/C15H18N2O/c1-2-5-13(6-3-1)11-18-12-15-16-9-10-17(15)14-7-4-8-14/h1-3,5-6,9-10,14H,4,7-8,11-12H2. The van der Waals surface area contributed by atoms with Gasteiger partial charge in [-0.3, -0.25) is 0 Å². The normalized spacial score (nSPS) is 15.6. The van der Waals surface area contributed by atoms with Crippen molar-refractivity contribution in [3.05, 3.63) is 54.1 Å². The highest BCUT2D eigenvalue weighted by Crippen LogP contribution is 2.32. The molecule has 0 N–H and O–H groups in total. The van der Waals surface area contributed by atoms with Crippen molar-refractivity contribution in [1.29, 1.82) is 0 Å². The third-order valence-electron chi connectivity index (χ3n) is 3.56. The first kappa shape index (κ1) is 11.5. The molecular weight excluding hydrogens is 224 g/mol. The highest BCUT2D eigenvalue weighted by atomic mass is 16.5. The molecule has 0 saturated heterocycles. The first-order valence-corrected chi connectivity index (χ1v) is 6.57. The van der Waals surface area contributed by atoms with E-state index in [1.54, 1.807) is 0 Å². The third kappa shape index (κ3) is 2.46. The molecule has 1 aromatic carbocycles. The van der Waals surface area contributed by atoms with E-state index >= 15 is 0 Å². The molecule has 1 aliphatic carbocycles. The summed E-state index contributed by atoms with van der Waals surface area (Å²) in [5.74, 6) is 1.05. The van der Waals surface area contributed by atoms with E-state index in [1.165, 1.54) is 24.8 Å². The summed E-state index contributed by atoms with van der Waals surface area (Å²) in [6.45, 7) is 1.25. The number of hydrogen-bond donors (Lipinski definition) is 0. The first-order valence-electron chi connectivity index (χ1n) is 6.57. The predicted octanol–water partition coefficient (Wildman–Crippen LogP) is 3.32. The minimum Gasteiger partial charge on any atom is -0.369 e. The van der Waals surface area contributed by atoms with Crippen molar-refractivity contribution in [3.63, 3.8) is 0 Å². The van der Waals surface area contributed by atoms with E-state index in [9.17, 15) is 0 Å². The number of imidazole rings is 1. The van der Waals surface area contributed by atoms with Crippen LogP contribution in [-0.2, 0) is 18.0 Å². The van der Waals surface area contributed by atoms with Gasteiger partial charge in [0.2, 0.25) is 0 Å².